The number of benzene rings is 1. The van der Waals surface area contributed by atoms with Crippen molar-refractivity contribution in [3.05, 3.63) is 41.4 Å². The van der Waals surface area contributed by atoms with Crippen LogP contribution in [0.2, 0.25) is 5.28 Å². The summed E-state index contributed by atoms with van der Waals surface area (Å²) in [7, 11) is 0. The number of aliphatic hydroxyl groups is 1. The van der Waals surface area contributed by atoms with Gasteiger partial charge < -0.3 is 30.5 Å². The van der Waals surface area contributed by atoms with E-state index in [1.54, 1.807) is 6.33 Å². The number of anilines is 2. The molecule has 5 rings (SSSR count). The van der Waals surface area contributed by atoms with E-state index in [1.807, 2.05) is 45.8 Å². The number of urea groups is 1. The number of fused-ring (bicyclic) bond motifs is 1. The minimum atomic E-state index is -1.02. The lowest BCUT2D eigenvalue weighted by molar-refractivity contribution is -0.131. The average molecular weight is 658 g/mol. The smallest absolute Gasteiger partial charge is 0.319 e. The molecule has 4 heterocycles. The summed E-state index contributed by atoms with van der Waals surface area (Å²) in [6.07, 6.45) is 3.14. The fourth-order valence-corrected chi connectivity index (χ4v) is 6.89. The van der Waals surface area contributed by atoms with Gasteiger partial charge in [0.2, 0.25) is 11.2 Å². The van der Waals surface area contributed by atoms with Crippen molar-refractivity contribution in [1.82, 2.24) is 35.1 Å². The molecule has 2 saturated heterocycles. The number of hydrogen-bond donors (Lipinski definition) is 4. The van der Waals surface area contributed by atoms with Crippen LogP contribution in [0.15, 0.2) is 30.6 Å². The Hall–Kier alpha value is -3.13. The van der Waals surface area contributed by atoms with E-state index in [4.69, 9.17) is 11.6 Å². The van der Waals surface area contributed by atoms with Gasteiger partial charge >= 0.3 is 6.03 Å². The number of hydrogen-bond acceptors (Lipinski definition) is 9. The number of amides is 3. The number of rotatable bonds is 11. The first-order valence-electron chi connectivity index (χ1n) is 15.6. The van der Waals surface area contributed by atoms with Gasteiger partial charge in [-0.3, -0.25) is 9.69 Å². The van der Waals surface area contributed by atoms with E-state index in [0.717, 1.165) is 30.3 Å². The number of carbonyl (C=O) groups excluding carboxylic acids is 2. The predicted molar refractivity (Wildman–Crippen MR) is 180 cm³/mol. The molecule has 0 aliphatic carbocycles. The minimum absolute atomic E-state index is 0.0455. The van der Waals surface area contributed by atoms with Crippen LogP contribution in [0.5, 0.6) is 0 Å². The summed E-state index contributed by atoms with van der Waals surface area (Å²) >= 11 is 8.04. The fraction of sp³-hybridized carbons (Fsp3) is 0.581. The SMILES string of the molecule is CC(C)(C)c1ccc(NC(=O)NCCCN(CCC(=O)N2CCSCC2)CC2(O)CCN(c3nc(Cl)nc4nc[nH]c34)C2)cc1. The Balaban J connectivity index is 1.16. The summed E-state index contributed by atoms with van der Waals surface area (Å²) in [4.78, 5) is 47.5. The van der Waals surface area contributed by atoms with E-state index in [0.29, 0.717) is 75.5 Å². The van der Waals surface area contributed by atoms with E-state index in [2.05, 4.69) is 56.2 Å². The molecule has 2 fully saturated rings. The Morgan fingerprint density at radius 1 is 1.13 bits per heavy atom. The van der Waals surface area contributed by atoms with Crippen LogP contribution in [0, 0.1) is 0 Å². The van der Waals surface area contributed by atoms with Gasteiger partial charge in [0, 0.05) is 69.4 Å². The Kier molecular flexibility index (Phi) is 10.7. The van der Waals surface area contributed by atoms with Crippen molar-refractivity contribution >= 4 is 58.0 Å². The maximum Gasteiger partial charge on any atom is 0.319 e. The largest absolute Gasteiger partial charge is 0.387 e. The molecular formula is C31H44ClN9O3S. The zero-order valence-corrected chi connectivity index (χ0v) is 27.9. The third kappa shape index (κ3) is 8.99. The second kappa shape index (κ2) is 14.5. The van der Waals surface area contributed by atoms with E-state index in [9.17, 15) is 14.7 Å². The molecule has 0 radical (unpaired) electrons. The molecule has 12 nitrogen and oxygen atoms in total. The molecule has 0 spiro atoms. The molecule has 45 heavy (non-hydrogen) atoms. The number of halogens is 1. The van der Waals surface area contributed by atoms with Gasteiger partial charge in [0.1, 0.15) is 5.52 Å². The molecule has 3 aromatic rings. The molecule has 2 aliphatic rings. The molecule has 244 valence electrons. The van der Waals surface area contributed by atoms with Gasteiger partial charge in [-0.1, -0.05) is 32.9 Å². The van der Waals surface area contributed by atoms with Gasteiger partial charge in [-0.25, -0.2) is 9.78 Å². The number of aromatic nitrogens is 4. The number of H-pyrrole nitrogens is 1. The van der Waals surface area contributed by atoms with Crippen LogP contribution < -0.4 is 15.5 Å². The summed E-state index contributed by atoms with van der Waals surface area (Å²) in [5.41, 5.74) is 2.13. The fourth-order valence-electron chi connectivity index (χ4n) is 5.83. The zero-order valence-electron chi connectivity index (χ0n) is 26.3. The lowest BCUT2D eigenvalue weighted by Crippen LogP contribution is -2.47. The average Bonchev–Trinajstić information content (AvgIpc) is 3.64. The molecule has 0 bridgehead atoms. The highest BCUT2D eigenvalue weighted by molar-refractivity contribution is 7.99. The Labute approximate surface area is 273 Å². The Bertz CT molecular complexity index is 1460. The summed E-state index contributed by atoms with van der Waals surface area (Å²) in [6.45, 7) is 11.0. The number of aromatic amines is 1. The van der Waals surface area contributed by atoms with Crippen LogP contribution in [-0.2, 0) is 10.2 Å². The number of carbonyl (C=O) groups is 2. The van der Waals surface area contributed by atoms with Gasteiger partial charge in [-0.05, 0) is 54.1 Å². The van der Waals surface area contributed by atoms with Crippen molar-refractivity contribution < 1.29 is 14.7 Å². The van der Waals surface area contributed by atoms with E-state index < -0.39 is 5.60 Å². The van der Waals surface area contributed by atoms with E-state index >= 15 is 0 Å². The molecular weight excluding hydrogens is 614 g/mol. The van der Waals surface area contributed by atoms with Crippen molar-refractivity contribution in [2.75, 3.05) is 74.1 Å². The Morgan fingerprint density at radius 3 is 2.62 bits per heavy atom. The number of nitrogens with one attached hydrogen (secondary N) is 3. The van der Waals surface area contributed by atoms with Crippen LogP contribution in [0.4, 0.5) is 16.3 Å². The highest BCUT2D eigenvalue weighted by atomic mass is 35.5. The number of β-amino-alcohol motifs (C(OH)–C–C–N with tert-alkyl or cyclic N) is 1. The molecule has 0 saturated carbocycles. The summed E-state index contributed by atoms with van der Waals surface area (Å²) < 4.78 is 0. The van der Waals surface area contributed by atoms with Crippen molar-refractivity contribution in [3.8, 4) is 0 Å². The number of thioether (sulfide) groups is 1. The molecule has 2 aromatic heterocycles. The lowest BCUT2D eigenvalue weighted by Gasteiger charge is -2.32. The van der Waals surface area contributed by atoms with Crippen molar-refractivity contribution in [3.63, 3.8) is 0 Å². The summed E-state index contributed by atoms with van der Waals surface area (Å²) in [6, 6.07) is 7.63. The maximum atomic E-state index is 13.0. The van der Waals surface area contributed by atoms with Crippen LogP contribution in [0.25, 0.3) is 11.2 Å². The van der Waals surface area contributed by atoms with Crippen LogP contribution >= 0.6 is 23.4 Å². The monoisotopic (exact) mass is 657 g/mol. The molecule has 14 heteroatoms. The molecule has 1 unspecified atom stereocenters. The third-order valence-electron chi connectivity index (χ3n) is 8.34. The van der Waals surface area contributed by atoms with Gasteiger partial charge in [0.25, 0.3) is 0 Å². The standard InChI is InChI=1S/C31H44ClN9O3S/c1-30(2,3)22-5-7-23(8-6-22)36-29(43)33-11-4-12-39(13-9-24(42)40-15-17-45-18-16-40)19-31(44)10-14-41(20-31)27-25-26(35-21-34-25)37-28(32)38-27/h5-8,21,44H,4,9-20H2,1-3H3,(H2,33,36,43)(H,34,35,37,38). The quantitative estimate of drug-likeness (QED) is 0.179. The number of imidazole rings is 1. The van der Waals surface area contributed by atoms with Crippen LogP contribution in [-0.4, -0.2) is 116 Å². The normalized spacial score (nSPS) is 19.0. The van der Waals surface area contributed by atoms with Gasteiger partial charge in [0.05, 0.1) is 11.9 Å². The second-order valence-corrected chi connectivity index (χ2v) is 14.5. The van der Waals surface area contributed by atoms with E-state index in [-0.39, 0.29) is 22.6 Å². The molecule has 2 aliphatic heterocycles. The lowest BCUT2D eigenvalue weighted by atomic mass is 9.87. The number of nitrogens with zero attached hydrogens (tertiary/aromatic N) is 6. The van der Waals surface area contributed by atoms with Crippen molar-refractivity contribution in [2.24, 2.45) is 0 Å². The van der Waals surface area contributed by atoms with Gasteiger partial charge in [-0.2, -0.15) is 21.7 Å². The van der Waals surface area contributed by atoms with E-state index in [1.165, 1.54) is 5.56 Å². The first kappa shape index (κ1) is 33.2. The minimum Gasteiger partial charge on any atom is -0.387 e. The van der Waals surface area contributed by atoms with Gasteiger partial charge in [-0.15, -0.1) is 0 Å². The summed E-state index contributed by atoms with van der Waals surface area (Å²) in [5.74, 6) is 2.70. The molecule has 3 amide bonds. The summed E-state index contributed by atoms with van der Waals surface area (Å²) in [5, 5.41) is 17.7. The second-order valence-electron chi connectivity index (χ2n) is 12.9. The molecule has 1 atom stereocenters. The molecule has 4 N–H and O–H groups in total. The highest BCUT2D eigenvalue weighted by Crippen LogP contribution is 2.31. The third-order valence-corrected chi connectivity index (χ3v) is 9.45. The molecule has 1 aromatic carbocycles. The Morgan fingerprint density at radius 2 is 1.89 bits per heavy atom. The van der Waals surface area contributed by atoms with Crippen molar-refractivity contribution in [2.45, 2.75) is 51.0 Å². The maximum absolute atomic E-state index is 13.0. The van der Waals surface area contributed by atoms with Crippen LogP contribution in [0.3, 0.4) is 0 Å². The first-order valence-corrected chi connectivity index (χ1v) is 17.1. The zero-order chi connectivity index (χ0) is 32.0. The topological polar surface area (TPSA) is 143 Å². The van der Waals surface area contributed by atoms with Gasteiger partial charge in [0.15, 0.2) is 11.5 Å². The highest BCUT2D eigenvalue weighted by Gasteiger charge is 2.39. The predicted octanol–water partition coefficient (Wildman–Crippen LogP) is 3.72. The van der Waals surface area contributed by atoms with Crippen molar-refractivity contribution in [1.29, 1.82) is 0 Å². The first-order chi connectivity index (χ1) is 21.5. The van der Waals surface area contributed by atoms with Crippen LogP contribution in [0.1, 0.15) is 45.6 Å².